The Morgan fingerprint density at radius 1 is 1.26 bits per heavy atom. The highest BCUT2D eigenvalue weighted by molar-refractivity contribution is 7.91. The molecule has 0 radical (unpaired) electrons. The number of sulfone groups is 1. The molecule has 1 aromatic rings. The van der Waals surface area contributed by atoms with Crippen LogP contribution in [0.2, 0.25) is 10.0 Å². The minimum atomic E-state index is -3.58. The zero-order valence-corrected chi connectivity index (χ0v) is 13.1. The van der Waals surface area contributed by atoms with E-state index in [2.05, 4.69) is 5.32 Å². The molecule has 7 heteroatoms. The predicted molar refractivity (Wildman–Crippen MR) is 77.7 cm³/mol. The van der Waals surface area contributed by atoms with Crippen molar-refractivity contribution in [2.24, 2.45) is 0 Å². The molecule has 19 heavy (non-hydrogen) atoms. The van der Waals surface area contributed by atoms with E-state index in [0.29, 0.717) is 5.02 Å². The Bertz CT molecular complexity index is 532. The number of rotatable bonds is 6. The Hall–Kier alpha value is -0.330. The summed E-state index contributed by atoms with van der Waals surface area (Å²) in [6, 6.07) is 4.28. The van der Waals surface area contributed by atoms with Gasteiger partial charge in [0.2, 0.25) is 0 Å². The third-order valence-electron chi connectivity index (χ3n) is 2.42. The summed E-state index contributed by atoms with van der Waals surface area (Å²) in [5.41, 5.74) is 0. The van der Waals surface area contributed by atoms with Crippen molar-refractivity contribution in [3.05, 3.63) is 28.2 Å². The van der Waals surface area contributed by atoms with Crippen molar-refractivity contribution < 1.29 is 13.5 Å². The third-order valence-corrected chi connectivity index (χ3v) is 4.96. The molecule has 1 rings (SSSR count). The second-order valence-electron chi connectivity index (χ2n) is 4.57. The molecular weight excluding hydrogens is 309 g/mol. The van der Waals surface area contributed by atoms with Gasteiger partial charge in [-0.3, -0.25) is 0 Å². The van der Waals surface area contributed by atoms with Gasteiger partial charge in [0.1, 0.15) is 0 Å². The largest absolute Gasteiger partial charge is 0.391 e. The summed E-state index contributed by atoms with van der Waals surface area (Å²) < 4.78 is 24.1. The summed E-state index contributed by atoms with van der Waals surface area (Å²) in [5.74, 6) is -0.356. The maximum absolute atomic E-state index is 12.1. The molecule has 1 aromatic carbocycles. The lowest BCUT2D eigenvalue weighted by Crippen LogP contribution is -2.35. The number of aliphatic hydroxyl groups excluding tert-OH is 1. The van der Waals surface area contributed by atoms with Gasteiger partial charge in [-0.25, -0.2) is 8.42 Å². The fourth-order valence-corrected chi connectivity index (χ4v) is 3.20. The van der Waals surface area contributed by atoms with Crippen LogP contribution >= 0.6 is 23.2 Å². The average molecular weight is 326 g/mol. The van der Waals surface area contributed by atoms with E-state index in [4.69, 9.17) is 23.2 Å². The highest BCUT2D eigenvalue weighted by Crippen LogP contribution is 2.25. The van der Waals surface area contributed by atoms with Crippen LogP contribution in [-0.4, -0.2) is 38.0 Å². The maximum atomic E-state index is 12.1. The van der Waals surface area contributed by atoms with Crippen molar-refractivity contribution >= 4 is 33.0 Å². The average Bonchev–Trinajstić information content (AvgIpc) is 2.29. The second kappa shape index (κ2) is 6.90. The van der Waals surface area contributed by atoms with E-state index in [1.807, 2.05) is 13.8 Å². The molecule has 0 aliphatic heterocycles. The molecule has 0 heterocycles. The van der Waals surface area contributed by atoms with Gasteiger partial charge in [0.25, 0.3) is 0 Å². The zero-order chi connectivity index (χ0) is 14.6. The first-order valence-corrected chi connectivity index (χ1v) is 8.22. The van der Waals surface area contributed by atoms with Crippen LogP contribution in [-0.2, 0) is 9.84 Å². The Labute approximate surface area is 123 Å². The molecule has 0 bridgehead atoms. The van der Waals surface area contributed by atoms with Crippen molar-refractivity contribution in [1.29, 1.82) is 0 Å². The number of hydrogen-bond acceptors (Lipinski definition) is 4. The number of hydrogen-bond donors (Lipinski definition) is 2. The van der Waals surface area contributed by atoms with Crippen LogP contribution < -0.4 is 5.32 Å². The van der Waals surface area contributed by atoms with Crippen LogP contribution in [0.5, 0.6) is 0 Å². The molecule has 0 aliphatic rings. The van der Waals surface area contributed by atoms with Crippen molar-refractivity contribution in [2.45, 2.75) is 30.9 Å². The van der Waals surface area contributed by atoms with E-state index >= 15 is 0 Å². The molecule has 0 fully saturated rings. The first kappa shape index (κ1) is 16.7. The quantitative estimate of drug-likeness (QED) is 0.840. The molecule has 0 aliphatic carbocycles. The van der Waals surface area contributed by atoms with Gasteiger partial charge in [0, 0.05) is 12.6 Å². The van der Waals surface area contributed by atoms with Crippen molar-refractivity contribution in [3.8, 4) is 0 Å². The number of benzene rings is 1. The molecule has 0 aromatic heterocycles. The summed E-state index contributed by atoms with van der Waals surface area (Å²) in [4.78, 5) is 0.0606. The van der Waals surface area contributed by atoms with Gasteiger partial charge in [0.15, 0.2) is 9.84 Å². The normalized spacial score (nSPS) is 13.8. The van der Waals surface area contributed by atoms with Crippen molar-refractivity contribution in [2.75, 3.05) is 12.3 Å². The van der Waals surface area contributed by atoms with E-state index in [1.54, 1.807) is 0 Å². The molecule has 1 atom stereocenters. The Morgan fingerprint density at radius 3 is 2.42 bits per heavy atom. The summed E-state index contributed by atoms with van der Waals surface area (Å²) in [7, 11) is -3.58. The van der Waals surface area contributed by atoms with E-state index in [9.17, 15) is 13.5 Å². The van der Waals surface area contributed by atoms with Crippen LogP contribution in [0.1, 0.15) is 13.8 Å². The highest BCUT2D eigenvalue weighted by atomic mass is 35.5. The molecule has 2 N–H and O–H groups in total. The second-order valence-corrected chi connectivity index (χ2v) is 7.42. The summed E-state index contributed by atoms with van der Waals surface area (Å²) in [6.07, 6.45) is -0.971. The Kier molecular flexibility index (Phi) is 6.08. The third kappa shape index (κ3) is 5.28. The molecule has 108 valence electrons. The predicted octanol–water partition coefficient (Wildman–Crippen LogP) is 2.13. The molecule has 4 nitrogen and oxygen atoms in total. The minimum Gasteiger partial charge on any atom is -0.391 e. The molecule has 0 saturated heterocycles. The number of nitrogens with one attached hydrogen (secondary N) is 1. The molecule has 0 spiro atoms. The van der Waals surface area contributed by atoms with Crippen LogP contribution in [0.4, 0.5) is 0 Å². The van der Waals surface area contributed by atoms with Gasteiger partial charge in [0.05, 0.1) is 26.8 Å². The Morgan fingerprint density at radius 2 is 1.89 bits per heavy atom. The molecule has 0 amide bonds. The minimum absolute atomic E-state index is 0.0606. The van der Waals surface area contributed by atoms with Crippen LogP contribution in [0, 0.1) is 0 Å². The standard InChI is InChI=1S/C12H17Cl2NO3S/c1-8(2)15-6-9(16)7-19(17,18)10-3-4-11(13)12(14)5-10/h3-5,8-9,15-16H,6-7H2,1-2H3. The van der Waals surface area contributed by atoms with Crippen LogP contribution in [0.15, 0.2) is 23.1 Å². The van der Waals surface area contributed by atoms with Gasteiger partial charge in [-0.05, 0) is 18.2 Å². The smallest absolute Gasteiger partial charge is 0.181 e. The van der Waals surface area contributed by atoms with E-state index < -0.39 is 15.9 Å². The van der Waals surface area contributed by atoms with Crippen LogP contribution in [0.25, 0.3) is 0 Å². The van der Waals surface area contributed by atoms with Crippen molar-refractivity contribution in [3.63, 3.8) is 0 Å². The van der Waals surface area contributed by atoms with Gasteiger partial charge in [-0.15, -0.1) is 0 Å². The van der Waals surface area contributed by atoms with Gasteiger partial charge in [-0.1, -0.05) is 37.0 Å². The van der Waals surface area contributed by atoms with E-state index in [0.717, 1.165) is 0 Å². The lowest BCUT2D eigenvalue weighted by atomic mass is 10.3. The molecule has 0 saturated carbocycles. The van der Waals surface area contributed by atoms with Gasteiger partial charge in [-0.2, -0.15) is 0 Å². The lowest BCUT2D eigenvalue weighted by Gasteiger charge is -2.14. The van der Waals surface area contributed by atoms with E-state index in [1.165, 1.54) is 18.2 Å². The number of halogens is 2. The van der Waals surface area contributed by atoms with Gasteiger partial charge >= 0.3 is 0 Å². The fourth-order valence-electron chi connectivity index (χ4n) is 1.45. The first-order valence-electron chi connectivity index (χ1n) is 5.81. The zero-order valence-electron chi connectivity index (χ0n) is 10.7. The monoisotopic (exact) mass is 325 g/mol. The first-order chi connectivity index (χ1) is 8.72. The van der Waals surface area contributed by atoms with Crippen LogP contribution in [0.3, 0.4) is 0 Å². The summed E-state index contributed by atoms with van der Waals surface area (Å²) in [5, 5.41) is 13.2. The highest BCUT2D eigenvalue weighted by Gasteiger charge is 2.20. The molecular formula is C12H17Cl2NO3S. The Balaban J connectivity index is 2.77. The SMILES string of the molecule is CC(C)NCC(O)CS(=O)(=O)c1ccc(Cl)c(Cl)c1. The topological polar surface area (TPSA) is 66.4 Å². The summed E-state index contributed by atoms with van der Waals surface area (Å²) in [6.45, 7) is 4.05. The van der Waals surface area contributed by atoms with Crippen molar-refractivity contribution in [1.82, 2.24) is 5.32 Å². The van der Waals surface area contributed by atoms with Gasteiger partial charge < -0.3 is 10.4 Å². The van der Waals surface area contributed by atoms with E-state index in [-0.39, 0.29) is 28.3 Å². The summed E-state index contributed by atoms with van der Waals surface area (Å²) >= 11 is 11.5. The lowest BCUT2D eigenvalue weighted by molar-refractivity contribution is 0.190. The maximum Gasteiger partial charge on any atom is 0.181 e. The number of aliphatic hydroxyl groups is 1. The fraction of sp³-hybridized carbons (Fsp3) is 0.500. The molecule has 1 unspecified atom stereocenters.